The van der Waals surface area contributed by atoms with Gasteiger partial charge in [0.1, 0.15) is 0 Å². The number of aromatic carboxylic acids is 1. The Morgan fingerprint density at radius 3 is 2.87 bits per heavy atom. The van der Waals surface area contributed by atoms with E-state index in [9.17, 15) is 4.79 Å². The molecule has 0 radical (unpaired) electrons. The monoisotopic (exact) mass is 224 g/mol. The van der Waals surface area contributed by atoms with Crippen LogP contribution in [0.2, 0.25) is 0 Å². The maximum Gasteiger partial charge on any atom is 0.336 e. The lowest BCUT2D eigenvalue weighted by Crippen LogP contribution is -2.02. The summed E-state index contributed by atoms with van der Waals surface area (Å²) in [6.07, 6.45) is 4.43. The van der Waals surface area contributed by atoms with Gasteiger partial charge in [0.25, 0.3) is 0 Å². The number of carboxylic acids is 1. The van der Waals surface area contributed by atoms with E-state index in [-0.39, 0.29) is 0 Å². The fraction of sp³-hybridized carbons (Fsp3) is 0.250. The van der Waals surface area contributed by atoms with Crippen LogP contribution in [0.15, 0.2) is 24.3 Å². The van der Waals surface area contributed by atoms with Crippen molar-refractivity contribution in [3.05, 3.63) is 41.0 Å². The van der Waals surface area contributed by atoms with Gasteiger partial charge >= 0.3 is 5.97 Å². The van der Waals surface area contributed by atoms with Crippen LogP contribution in [0.4, 0.5) is 0 Å². The molecule has 3 heteroatoms. The van der Waals surface area contributed by atoms with E-state index < -0.39 is 5.97 Å². The lowest BCUT2D eigenvalue weighted by molar-refractivity contribution is 0.0696. The van der Waals surface area contributed by atoms with Gasteiger partial charge in [-0.25, -0.2) is 4.79 Å². The lowest BCUT2D eigenvalue weighted by atomic mass is 10.0. The minimum Gasteiger partial charge on any atom is -0.478 e. The molecule has 0 fully saturated rings. The van der Waals surface area contributed by atoms with Crippen LogP contribution in [0.3, 0.4) is 0 Å². The largest absolute Gasteiger partial charge is 0.478 e. The van der Waals surface area contributed by atoms with Crippen molar-refractivity contribution in [2.24, 2.45) is 0 Å². The standard InChI is InChI=1S/C12H13ClO2/c1-9-5-4-7-10(6-2-3-8-13)11(9)12(14)15/h2,4-7H,3,8H2,1H3,(H,14,15). The molecule has 0 aromatic heterocycles. The van der Waals surface area contributed by atoms with Crippen LogP contribution >= 0.6 is 11.6 Å². The molecule has 0 aliphatic rings. The minimum atomic E-state index is -0.890. The highest BCUT2D eigenvalue weighted by Gasteiger charge is 2.10. The highest BCUT2D eigenvalue weighted by Crippen LogP contribution is 2.16. The summed E-state index contributed by atoms with van der Waals surface area (Å²) in [4.78, 5) is 11.0. The Bertz CT molecular complexity index is 383. The van der Waals surface area contributed by atoms with Crippen molar-refractivity contribution in [3.8, 4) is 0 Å². The van der Waals surface area contributed by atoms with Gasteiger partial charge in [0, 0.05) is 5.88 Å². The van der Waals surface area contributed by atoms with Crippen molar-refractivity contribution in [2.75, 3.05) is 5.88 Å². The minimum absolute atomic E-state index is 0.364. The third-order valence-corrected chi connectivity index (χ3v) is 2.31. The number of aryl methyl sites for hydroxylation is 1. The predicted octanol–water partition coefficient (Wildman–Crippen LogP) is 3.34. The number of carbonyl (C=O) groups is 1. The molecule has 0 heterocycles. The fourth-order valence-corrected chi connectivity index (χ4v) is 1.52. The Balaban J connectivity index is 3.06. The van der Waals surface area contributed by atoms with Gasteiger partial charge in [-0.1, -0.05) is 30.4 Å². The molecule has 1 N–H and O–H groups in total. The first-order valence-corrected chi connectivity index (χ1v) is 5.25. The van der Waals surface area contributed by atoms with Crippen molar-refractivity contribution >= 4 is 23.6 Å². The topological polar surface area (TPSA) is 37.3 Å². The summed E-state index contributed by atoms with van der Waals surface area (Å²) in [6, 6.07) is 5.44. The van der Waals surface area contributed by atoms with Gasteiger partial charge in [-0.05, 0) is 24.5 Å². The van der Waals surface area contributed by atoms with Crippen LogP contribution in [-0.2, 0) is 0 Å². The van der Waals surface area contributed by atoms with Crippen LogP contribution in [0.1, 0.15) is 27.9 Å². The van der Waals surface area contributed by atoms with Gasteiger partial charge in [-0.3, -0.25) is 0 Å². The molecular weight excluding hydrogens is 212 g/mol. The number of rotatable bonds is 4. The first kappa shape index (κ1) is 11.8. The molecule has 0 spiro atoms. The Labute approximate surface area is 94.2 Å². The number of allylic oxidation sites excluding steroid dienone is 1. The molecule has 0 bridgehead atoms. The number of carboxylic acid groups (broad SMARTS) is 1. The van der Waals surface area contributed by atoms with E-state index in [1.54, 1.807) is 25.1 Å². The molecule has 1 aromatic rings. The molecule has 0 atom stereocenters. The highest BCUT2D eigenvalue weighted by atomic mass is 35.5. The number of hydrogen-bond acceptors (Lipinski definition) is 1. The lowest BCUT2D eigenvalue weighted by Gasteiger charge is -2.04. The maximum atomic E-state index is 11.0. The Morgan fingerprint density at radius 2 is 2.27 bits per heavy atom. The second kappa shape index (κ2) is 5.56. The molecule has 2 nitrogen and oxygen atoms in total. The molecular formula is C12H13ClO2. The molecule has 0 aliphatic carbocycles. The van der Waals surface area contributed by atoms with Gasteiger partial charge in [0.2, 0.25) is 0 Å². The van der Waals surface area contributed by atoms with E-state index in [0.717, 1.165) is 17.5 Å². The molecule has 0 saturated carbocycles. The smallest absolute Gasteiger partial charge is 0.336 e. The van der Waals surface area contributed by atoms with E-state index in [2.05, 4.69) is 0 Å². The van der Waals surface area contributed by atoms with E-state index >= 15 is 0 Å². The van der Waals surface area contributed by atoms with Crippen LogP contribution in [-0.4, -0.2) is 17.0 Å². The highest BCUT2D eigenvalue weighted by molar-refractivity contribution is 6.17. The van der Waals surface area contributed by atoms with E-state index in [1.807, 2.05) is 12.1 Å². The molecule has 1 rings (SSSR count). The third-order valence-electron chi connectivity index (χ3n) is 2.09. The number of alkyl halides is 1. The Hall–Kier alpha value is -1.28. The van der Waals surface area contributed by atoms with Crippen molar-refractivity contribution in [1.29, 1.82) is 0 Å². The summed E-state index contributed by atoms with van der Waals surface area (Å²) in [5.74, 6) is -0.344. The van der Waals surface area contributed by atoms with Crippen molar-refractivity contribution < 1.29 is 9.90 Å². The maximum absolute atomic E-state index is 11.0. The molecule has 15 heavy (non-hydrogen) atoms. The number of halogens is 1. The summed E-state index contributed by atoms with van der Waals surface area (Å²) < 4.78 is 0. The van der Waals surface area contributed by atoms with E-state index in [4.69, 9.17) is 16.7 Å². The first-order chi connectivity index (χ1) is 7.16. The van der Waals surface area contributed by atoms with Gasteiger partial charge in [0.05, 0.1) is 5.56 Å². The number of hydrogen-bond donors (Lipinski definition) is 1. The summed E-state index contributed by atoms with van der Waals surface area (Å²) in [6.45, 7) is 1.79. The van der Waals surface area contributed by atoms with E-state index in [1.165, 1.54) is 0 Å². The average molecular weight is 225 g/mol. The van der Waals surface area contributed by atoms with Crippen LogP contribution in [0, 0.1) is 6.92 Å². The molecule has 80 valence electrons. The molecule has 0 unspecified atom stereocenters. The molecule has 0 aliphatic heterocycles. The van der Waals surface area contributed by atoms with Crippen LogP contribution < -0.4 is 0 Å². The molecule has 0 amide bonds. The third kappa shape index (κ3) is 3.10. The Kier molecular flexibility index (Phi) is 4.37. The van der Waals surface area contributed by atoms with Crippen molar-refractivity contribution in [3.63, 3.8) is 0 Å². The normalized spacial score (nSPS) is 10.8. The predicted molar refractivity (Wildman–Crippen MR) is 62.5 cm³/mol. The average Bonchev–Trinajstić information content (AvgIpc) is 2.17. The van der Waals surface area contributed by atoms with Gasteiger partial charge in [0.15, 0.2) is 0 Å². The number of benzene rings is 1. The first-order valence-electron chi connectivity index (χ1n) is 4.72. The zero-order valence-electron chi connectivity index (χ0n) is 8.53. The summed E-state index contributed by atoms with van der Waals surface area (Å²) in [7, 11) is 0. The van der Waals surface area contributed by atoms with E-state index in [0.29, 0.717) is 11.4 Å². The van der Waals surface area contributed by atoms with Crippen LogP contribution in [0.5, 0.6) is 0 Å². The van der Waals surface area contributed by atoms with Gasteiger partial charge in [-0.15, -0.1) is 11.6 Å². The van der Waals surface area contributed by atoms with Crippen molar-refractivity contribution in [1.82, 2.24) is 0 Å². The van der Waals surface area contributed by atoms with Gasteiger partial charge in [-0.2, -0.15) is 0 Å². The molecule has 0 saturated heterocycles. The fourth-order valence-electron chi connectivity index (χ4n) is 1.39. The zero-order valence-corrected chi connectivity index (χ0v) is 9.29. The zero-order chi connectivity index (χ0) is 11.3. The second-order valence-corrected chi connectivity index (χ2v) is 3.60. The SMILES string of the molecule is Cc1cccc(C=CCCCl)c1C(=O)O. The summed E-state index contributed by atoms with van der Waals surface area (Å²) in [5, 5.41) is 9.04. The van der Waals surface area contributed by atoms with Crippen LogP contribution in [0.25, 0.3) is 6.08 Å². The summed E-state index contributed by atoms with van der Waals surface area (Å²) in [5.41, 5.74) is 1.87. The summed E-state index contributed by atoms with van der Waals surface area (Å²) >= 11 is 5.53. The quantitative estimate of drug-likeness (QED) is 0.797. The second-order valence-electron chi connectivity index (χ2n) is 3.22. The van der Waals surface area contributed by atoms with Crippen molar-refractivity contribution in [2.45, 2.75) is 13.3 Å². The Morgan fingerprint density at radius 1 is 1.53 bits per heavy atom. The molecule has 1 aromatic carbocycles. The van der Waals surface area contributed by atoms with Gasteiger partial charge < -0.3 is 5.11 Å².